The zero-order valence-electron chi connectivity index (χ0n) is 11.3. The van der Waals surface area contributed by atoms with Crippen molar-refractivity contribution < 1.29 is 0 Å². The number of aryl methyl sites for hydroxylation is 1. The van der Waals surface area contributed by atoms with Crippen molar-refractivity contribution in [1.82, 2.24) is 14.8 Å². The van der Waals surface area contributed by atoms with Gasteiger partial charge in [0, 0.05) is 18.5 Å². The third-order valence-corrected chi connectivity index (χ3v) is 4.80. The maximum atomic E-state index is 6.20. The molecule has 0 bridgehead atoms. The molecule has 3 atom stereocenters. The van der Waals surface area contributed by atoms with Crippen LogP contribution in [-0.2, 0) is 6.54 Å². The Morgan fingerprint density at radius 3 is 2.82 bits per heavy atom. The summed E-state index contributed by atoms with van der Waals surface area (Å²) in [6.45, 7) is 9.97. The highest BCUT2D eigenvalue weighted by molar-refractivity contribution is 5.08. The van der Waals surface area contributed by atoms with Gasteiger partial charge in [-0.25, -0.2) is 0 Å². The predicted molar refractivity (Wildman–Crippen MR) is 68.6 cm³/mol. The number of aromatic nitrogens is 3. The molecule has 1 aromatic rings. The highest BCUT2D eigenvalue weighted by Gasteiger charge is 2.44. The molecule has 0 amide bonds. The zero-order chi connectivity index (χ0) is 12.6. The Morgan fingerprint density at radius 2 is 2.18 bits per heavy atom. The first-order valence-corrected chi connectivity index (χ1v) is 6.61. The van der Waals surface area contributed by atoms with Gasteiger partial charge in [-0.1, -0.05) is 20.8 Å². The van der Waals surface area contributed by atoms with E-state index in [-0.39, 0.29) is 5.41 Å². The highest BCUT2D eigenvalue weighted by Crippen LogP contribution is 2.49. The van der Waals surface area contributed by atoms with E-state index in [0.29, 0.717) is 17.9 Å². The van der Waals surface area contributed by atoms with Crippen LogP contribution in [-0.4, -0.2) is 20.8 Å². The van der Waals surface area contributed by atoms with Gasteiger partial charge in [0.2, 0.25) is 0 Å². The van der Waals surface area contributed by atoms with Crippen LogP contribution in [0.3, 0.4) is 0 Å². The van der Waals surface area contributed by atoms with Crippen molar-refractivity contribution in [3.63, 3.8) is 0 Å². The minimum absolute atomic E-state index is 0.192. The molecular formula is C13H24N4. The molecule has 4 heteroatoms. The largest absolute Gasteiger partial charge is 0.327 e. The van der Waals surface area contributed by atoms with Crippen LogP contribution in [0.2, 0.25) is 0 Å². The summed E-state index contributed by atoms with van der Waals surface area (Å²) in [6.07, 6.45) is 4.05. The minimum atomic E-state index is 0.192. The van der Waals surface area contributed by atoms with E-state index in [2.05, 4.69) is 42.5 Å². The lowest BCUT2D eigenvalue weighted by Gasteiger charge is -2.46. The first-order chi connectivity index (χ1) is 7.98. The molecular weight excluding hydrogens is 212 g/mol. The monoisotopic (exact) mass is 236 g/mol. The van der Waals surface area contributed by atoms with E-state index < -0.39 is 0 Å². The van der Waals surface area contributed by atoms with Gasteiger partial charge in [-0.05, 0) is 31.1 Å². The second-order valence-corrected chi connectivity index (χ2v) is 5.88. The van der Waals surface area contributed by atoms with Gasteiger partial charge in [-0.3, -0.25) is 0 Å². The van der Waals surface area contributed by atoms with Gasteiger partial charge in [0.1, 0.15) is 12.2 Å². The van der Waals surface area contributed by atoms with Gasteiger partial charge in [-0.2, -0.15) is 0 Å². The van der Waals surface area contributed by atoms with E-state index in [1.54, 1.807) is 0 Å². The van der Waals surface area contributed by atoms with Crippen molar-refractivity contribution >= 4 is 0 Å². The van der Waals surface area contributed by atoms with Gasteiger partial charge >= 0.3 is 0 Å². The second kappa shape index (κ2) is 4.41. The number of rotatable bonds is 2. The van der Waals surface area contributed by atoms with Gasteiger partial charge in [0.05, 0.1) is 0 Å². The summed E-state index contributed by atoms with van der Waals surface area (Å²) in [4.78, 5) is 0. The summed E-state index contributed by atoms with van der Waals surface area (Å²) in [7, 11) is 0. The lowest BCUT2D eigenvalue weighted by molar-refractivity contribution is 0.0927. The number of hydrogen-bond donors (Lipinski definition) is 1. The molecule has 3 unspecified atom stereocenters. The molecule has 96 valence electrons. The Bertz CT molecular complexity index is 383. The summed E-state index contributed by atoms with van der Waals surface area (Å²) in [5, 5.41) is 8.40. The fraction of sp³-hybridized carbons (Fsp3) is 0.846. The van der Waals surface area contributed by atoms with E-state index in [4.69, 9.17) is 5.73 Å². The van der Waals surface area contributed by atoms with Crippen molar-refractivity contribution in [2.24, 2.45) is 17.1 Å². The molecule has 0 radical (unpaired) electrons. The summed E-state index contributed by atoms with van der Waals surface area (Å²) in [5.74, 6) is 2.12. The molecule has 0 saturated heterocycles. The summed E-state index contributed by atoms with van der Waals surface area (Å²) < 4.78 is 2.16. The van der Waals surface area contributed by atoms with Crippen molar-refractivity contribution in [2.45, 2.75) is 59.0 Å². The number of nitrogens with zero attached hydrogens (tertiary/aromatic N) is 3. The molecule has 0 aromatic carbocycles. The Balaban J connectivity index is 2.33. The fourth-order valence-electron chi connectivity index (χ4n) is 3.09. The van der Waals surface area contributed by atoms with Crippen LogP contribution >= 0.6 is 0 Å². The summed E-state index contributed by atoms with van der Waals surface area (Å²) in [6, 6.07) is 0.319. The maximum absolute atomic E-state index is 6.20. The third-order valence-electron chi connectivity index (χ3n) is 4.80. The van der Waals surface area contributed by atoms with Crippen LogP contribution in [0, 0.1) is 11.3 Å². The molecule has 1 aromatic heterocycles. The minimum Gasteiger partial charge on any atom is -0.327 e. The van der Waals surface area contributed by atoms with Crippen LogP contribution in [0.15, 0.2) is 6.33 Å². The Hall–Kier alpha value is -0.900. The van der Waals surface area contributed by atoms with Crippen molar-refractivity contribution in [2.75, 3.05) is 0 Å². The zero-order valence-corrected chi connectivity index (χ0v) is 11.3. The molecule has 1 fully saturated rings. The first-order valence-electron chi connectivity index (χ1n) is 6.61. The fourth-order valence-corrected chi connectivity index (χ4v) is 3.09. The maximum Gasteiger partial charge on any atom is 0.136 e. The van der Waals surface area contributed by atoms with Crippen molar-refractivity contribution in [3.8, 4) is 0 Å². The van der Waals surface area contributed by atoms with Crippen LogP contribution < -0.4 is 5.73 Å². The summed E-state index contributed by atoms with van der Waals surface area (Å²) >= 11 is 0. The molecule has 17 heavy (non-hydrogen) atoms. The molecule has 1 saturated carbocycles. The molecule has 0 spiro atoms. The van der Waals surface area contributed by atoms with Gasteiger partial charge in [-0.15, -0.1) is 10.2 Å². The standard InChI is InChI=1S/C13H24N4/c1-5-17-8-15-16-12(17)10-6-7-11(14)9(2)13(10,3)4/h8-11H,5-7,14H2,1-4H3. The van der Waals surface area contributed by atoms with E-state index in [1.807, 2.05) is 6.33 Å². The van der Waals surface area contributed by atoms with Crippen molar-refractivity contribution in [3.05, 3.63) is 12.2 Å². The molecule has 1 aliphatic rings. The van der Waals surface area contributed by atoms with E-state index in [1.165, 1.54) is 0 Å². The molecule has 0 aliphatic heterocycles. The molecule has 1 heterocycles. The average molecular weight is 236 g/mol. The Labute approximate surface area is 104 Å². The number of nitrogens with two attached hydrogens (primary N) is 1. The van der Waals surface area contributed by atoms with Crippen LogP contribution in [0.5, 0.6) is 0 Å². The summed E-state index contributed by atoms with van der Waals surface area (Å²) in [5.41, 5.74) is 6.39. The van der Waals surface area contributed by atoms with Crippen LogP contribution in [0.1, 0.15) is 52.3 Å². The third kappa shape index (κ3) is 1.99. The molecule has 4 nitrogen and oxygen atoms in total. The van der Waals surface area contributed by atoms with Crippen LogP contribution in [0.25, 0.3) is 0 Å². The average Bonchev–Trinajstić information content (AvgIpc) is 2.74. The lowest BCUT2D eigenvalue weighted by atomic mass is 9.61. The quantitative estimate of drug-likeness (QED) is 0.856. The van der Waals surface area contributed by atoms with Gasteiger partial charge in [0.15, 0.2) is 0 Å². The molecule has 2 N–H and O–H groups in total. The topological polar surface area (TPSA) is 56.7 Å². The predicted octanol–water partition coefficient (Wildman–Crippen LogP) is 2.17. The highest BCUT2D eigenvalue weighted by atomic mass is 15.3. The molecule has 2 rings (SSSR count). The van der Waals surface area contributed by atoms with Gasteiger partial charge < -0.3 is 10.3 Å². The van der Waals surface area contributed by atoms with E-state index in [0.717, 1.165) is 25.2 Å². The van der Waals surface area contributed by atoms with E-state index >= 15 is 0 Å². The van der Waals surface area contributed by atoms with Gasteiger partial charge in [0.25, 0.3) is 0 Å². The SMILES string of the molecule is CCn1cnnc1C1CCC(N)C(C)C1(C)C. The van der Waals surface area contributed by atoms with Crippen LogP contribution in [0.4, 0.5) is 0 Å². The smallest absolute Gasteiger partial charge is 0.136 e. The Morgan fingerprint density at radius 1 is 1.47 bits per heavy atom. The number of hydrogen-bond acceptors (Lipinski definition) is 3. The second-order valence-electron chi connectivity index (χ2n) is 5.88. The van der Waals surface area contributed by atoms with Crippen molar-refractivity contribution in [1.29, 1.82) is 0 Å². The lowest BCUT2D eigenvalue weighted by Crippen LogP contribution is -2.46. The first kappa shape index (κ1) is 12.6. The molecule has 1 aliphatic carbocycles. The van der Waals surface area contributed by atoms with E-state index in [9.17, 15) is 0 Å². The Kier molecular flexibility index (Phi) is 3.25. The normalized spacial score (nSPS) is 32.6.